The molecule has 5 heteroatoms. The standard InChI is InChI=1S/C15H25N3O2/c1-9-6-11(7-9)8-16-14(19)17-13-10(2)12(20-18-13)15(3,4)5/h9,11H,6-8H2,1-5H3,(H2,16,17,18,19). The summed E-state index contributed by atoms with van der Waals surface area (Å²) in [6.07, 6.45) is 2.41. The van der Waals surface area contributed by atoms with Crippen LogP contribution >= 0.6 is 0 Å². The van der Waals surface area contributed by atoms with Crippen LogP contribution in [0.25, 0.3) is 0 Å². The average molecular weight is 279 g/mol. The molecule has 1 aromatic rings. The molecule has 1 aromatic heterocycles. The third kappa shape index (κ3) is 3.32. The molecular weight excluding hydrogens is 254 g/mol. The van der Waals surface area contributed by atoms with Gasteiger partial charge in [-0.2, -0.15) is 0 Å². The average Bonchev–Trinajstić information content (AvgIpc) is 2.64. The first-order valence-corrected chi connectivity index (χ1v) is 7.29. The third-order valence-electron chi connectivity index (χ3n) is 3.86. The van der Waals surface area contributed by atoms with Gasteiger partial charge in [-0.15, -0.1) is 0 Å². The highest BCUT2D eigenvalue weighted by Crippen LogP contribution is 2.32. The number of carbonyl (C=O) groups excluding carboxylic acids is 1. The van der Waals surface area contributed by atoms with E-state index in [-0.39, 0.29) is 11.4 Å². The molecule has 0 saturated heterocycles. The van der Waals surface area contributed by atoms with Crippen LogP contribution in [0.2, 0.25) is 0 Å². The van der Waals surface area contributed by atoms with Crippen LogP contribution in [0.3, 0.4) is 0 Å². The lowest BCUT2D eigenvalue weighted by Crippen LogP contribution is -2.37. The Hall–Kier alpha value is -1.52. The number of nitrogens with one attached hydrogen (secondary N) is 2. The van der Waals surface area contributed by atoms with Crippen LogP contribution in [-0.2, 0) is 5.41 Å². The number of aromatic nitrogens is 1. The van der Waals surface area contributed by atoms with Crippen LogP contribution in [0.1, 0.15) is 51.9 Å². The Morgan fingerprint density at radius 2 is 2.05 bits per heavy atom. The Bertz CT molecular complexity index is 482. The number of carbonyl (C=O) groups is 1. The number of nitrogens with zero attached hydrogens (tertiary/aromatic N) is 1. The summed E-state index contributed by atoms with van der Waals surface area (Å²) in [7, 11) is 0. The van der Waals surface area contributed by atoms with Gasteiger partial charge < -0.3 is 9.84 Å². The maximum absolute atomic E-state index is 11.8. The van der Waals surface area contributed by atoms with Crippen LogP contribution < -0.4 is 10.6 Å². The number of hydrogen-bond acceptors (Lipinski definition) is 3. The van der Waals surface area contributed by atoms with Gasteiger partial charge in [-0.25, -0.2) is 4.79 Å². The molecule has 0 aromatic carbocycles. The summed E-state index contributed by atoms with van der Waals surface area (Å²) in [4.78, 5) is 11.8. The molecule has 0 atom stereocenters. The maximum Gasteiger partial charge on any atom is 0.320 e. The van der Waals surface area contributed by atoms with Gasteiger partial charge in [0, 0.05) is 17.5 Å². The number of urea groups is 1. The van der Waals surface area contributed by atoms with Gasteiger partial charge in [0.25, 0.3) is 0 Å². The van der Waals surface area contributed by atoms with E-state index in [2.05, 4.69) is 43.5 Å². The zero-order chi connectivity index (χ0) is 14.9. The van der Waals surface area contributed by atoms with Crippen molar-refractivity contribution in [1.29, 1.82) is 0 Å². The van der Waals surface area contributed by atoms with Gasteiger partial charge >= 0.3 is 6.03 Å². The Balaban J connectivity index is 1.87. The second kappa shape index (κ2) is 5.46. The lowest BCUT2D eigenvalue weighted by atomic mass is 9.76. The zero-order valence-corrected chi connectivity index (χ0v) is 13.0. The minimum atomic E-state index is -0.207. The van der Waals surface area contributed by atoms with Gasteiger partial charge in [-0.05, 0) is 31.6 Å². The highest BCUT2D eigenvalue weighted by molar-refractivity contribution is 5.88. The minimum Gasteiger partial charge on any atom is -0.358 e. The summed E-state index contributed by atoms with van der Waals surface area (Å²) in [5.74, 6) is 2.74. The highest BCUT2D eigenvalue weighted by Gasteiger charge is 2.27. The van der Waals surface area contributed by atoms with Crippen LogP contribution in [0.5, 0.6) is 0 Å². The highest BCUT2D eigenvalue weighted by atomic mass is 16.5. The van der Waals surface area contributed by atoms with E-state index in [1.807, 2.05) is 6.92 Å². The van der Waals surface area contributed by atoms with Crippen molar-refractivity contribution in [2.24, 2.45) is 11.8 Å². The molecule has 0 spiro atoms. The normalized spacial score (nSPS) is 22.2. The molecule has 112 valence electrons. The summed E-state index contributed by atoms with van der Waals surface area (Å²) in [6, 6.07) is -0.207. The van der Waals surface area contributed by atoms with E-state index in [1.54, 1.807) is 0 Å². The lowest BCUT2D eigenvalue weighted by molar-refractivity contribution is 0.203. The van der Waals surface area contributed by atoms with Gasteiger partial charge in [0.15, 0.2) is 5.82 Å². The molecule has 2 amide bonds. The lowest BCUT2D eigenvalue weighted by Gasteiger charge is -2.32. The maximum atomic E-state index is 11.8. The van der Waals surface area contributed by atoms with E-state index in [1.165, 1.54) is 12.8 Å². The first-order valence-electron chi connectivity index (χ1n) is 7.29. The molecule has 20 heavy (non-hydrogen) atoms. The minimum absolute atomic E-state index is 0.116. The second-order valence-electron chi connectivity index (χ2n) is 7.01. The van der Waals surface area contributed by atoms with E-state index >= 15 is 0 Å². The molecule has 0 unspecified atom stereocenters. The van der Waals surface area contributed by atoms with E-state index in [0.29, 0.717) is 11.7 Å². The molecule has 2 rings (SSSR count). The van der Waals surface area contributed by atoms with Gasteiger partial charge in [0.2, 0.25) is 0 Å². The fourth-order valence-corrected chi connectivity index (χ4v) is 2.78. The van der Waals surface area contributed by atoms with Gasteiger partial charge in [0.1, 0.15) is 5.76 Å². The van der Waals surface area contributed by atoms with Crippen molar-refractivity contribution in [2.45, 2.75) is 52.9 Å². The van der Waals surface area contributed by atoms with E-state index in [0.717, 1.165) is 23.8 Å². The fourth-order valence-electron chi connectivity index (χ4n) is 2.78. The Morgan fingerprint density at radius 3 is 2.55 bits per heavy atom. The van der Waals surface area contributed by atoms with Gasteiger partial charge in [-0.3, -0.25) is 5.32 Å². The summed E-state index contributed by atoms with van der Waals surface area (Å²) in [5.41, 5.74) is 0.778. The van der Waals surface area contributed by atoms with Gasteiger partial charge in [0.05, 0.1) is 0 Å². The van der Waals surface area contributed by atoms with Crippen LogP contribution in [-0.4, -0.2) is 17.7 Å². The largest absolute Gasteiger partial charge is 0.358 e. The molecule has 1 aliphatic carbocycles. The number of amides is 2. The summed E-state index contributed by atoms with van der Waals surface area (Å²) in [5, 5.41) is 9.61. The van der Waals surface area contributed by atoms with E-state index in [4.69, 9.17) is 4.52 Å². The SMILES string of the molecule is Cc1c(NC(=O)NCC2CC(C)C2)noc1C(C)(C)C. The molecule has 5 nitrogen and oxygen atoms in total. The first kappa shape index (κ1) is 14.9. The molecule has 1 saturated carbocycles. The van der Waals surface area contributed by atoms with Crippen LogP contribution in [0, 0.1) is 18.8 Å². The van der Waals surface area contributed by atoms with Crippen molar-refractivity contribution in [3.63, 3.8) is 0 Å². The third-order valence-corrected chi connectivity index (χ3v) is 3.86. The Labute approximate surface area is 120 Å². The summed E-state index contributed by atoms with van der Waals surface area (Å²) in [6.45, 7) is 11.1. The van der Waals surface area contributed by atoms with Crippen molar-refractivity contribution >= 4 is 11.8 Å². The van der Waals surface area contributed by atoms with Crippen LogP contribution in [0.15, 0.2) is 4.52 Å². The van der Waals surface area contributed by atoms with E-state index < -0.39 is 0 Å². The summed E-state index contributed by atoms with van der Waals surface area (Å²) >= 11 is 0. The smallest absolute Gasteiger partial charge is 0.320 e. The predicted molar refractivity (Wildman–Crippen MR) is 78.8 cm³/mol. The molecule has 0 bridgehead atoms. The quantitative estimate of drug-likeness (QED) is 0.890. The topological polar surface area (TPSA) is 67.2 Å². The molecule has 1 aliphatic rings. The van der Waals surface area contributed by atoms with E-state index in [9.17, 15) is 4.79 Å². The number of rotatable bonds is 3. The van der Waals surface area contributed by atoms with Crippen molar-refractivity contribution in [3.8, 4) is 0 Å². The Morgan fingerprint density at radius 1 is 1.40 bits per heavy atom. The molecular formula is C15H25N3O2. The fraction of sp³-hybridized carbons (Fsp3) is 0.733. The van der Waals surface area contributed by atoms with Gasteiger partial charge in [-0.1, -0.05) is 32.9 Å². The summed E-state index contributed by atoms with van der Waals surface area (Å²) < 4.78 is 5.34. The zero-order valence-electron chi connectivity index (χ0n) is 13.0. The first-order chi connectivity index (χ1) is 9.27. The molecule has 1 fully saturated rings. The van der Waals surface area contributed by atoms with Crippen molar-refractivity contribution in [2.75, 3.05) is 11.9 Å². The molecule has 2 N–H and O–H groups in total. The van der Waals surface area contributed by atoms with Crippen molar-refractivity contribution in [1.82, 2.24) is 10.5 Å². The second-order valence-corrected chi connectivity index (χ2v) is 7.01. The monoisotopic (exact) mass is 279 g/mol. The number of hydrogen-bond donors (Lipinski definition) is 2. The number of anilines is 1. The predicted octanol–water partition coefficient (Wildman–Crippen LogP) is 3.45. The van der Waals surface area contributed by atoms with Crippen molar-refractivity contribution < 1.29 is 9.32 Å². The Kier molecular flexibility index (Phi) is 4.06. The van der Waals surface area contributed by atoms with Crippen LogP contribution in [0.4, 0.5) is 10.6 Å². The molecule has 0 aliphatic heterocycles. The molecule has 0 radical (unpaired) electrons. The van der Waals surface area contributed by atoms with Crippen molar-refractivity contribution in [3.05, 3.63) is 11.3 Å². The molecule has 1 heterocycles.